The molecule has 0 spiro atoms. The Hall–Kier alpha value is -1.60. The van der Waals surface area contributed by atoms with Crippen molar-refractivity contribution in [2.75, 3.05) is 5.75 Å². The van der Waals surface area contributed by atoms with Crippen molar-refractivity contribution in [2.24, 2.45) is 5.14 Å². The van der Waals surface area contributed by atoms with E-state index in [4.69, 9.17) is 10.2 Å². The second kappa shape index (κ2) is 4.50. The maximum atomic E-state index is 10.7. The van der Waals surface area contributed by atoms with Crippen LogP contribution in [-0.2, 0) is 16.4 Å². The van der Waals surface area contributed by atoms with Gasteiger partial charge in [-0.2, -0.15) is 0 Å². The largest absolute Gasteiger partial charge is 0.507 e. The standard InChI is InChI=1S/C9H11NO5S/c10-16(14,15)4-3-6-1-2-8(11)7(5-6)9(12)13/h1-2,5,11H,3-4H2,(H,12,13)(H2,10,14,15). The lowest BCUT2D eigenvalue weighted by molar-refractivity contribution is 0.0693. The molecule has 4 N–H and O–H groups in total. The van der Waals surface area contributed by atoms with Crippen LogP contribution in [0.1, 0.15) is 15.9 Å². The fraction of sp³-hybridized carbons (Fsp3) is 0.222. The summed E-state index contributed by atoms with van der Waals surface area (Å²) in [5.74, 6) is -1.89. The highest BCUT2D eigenvalue weighted by atomic mass is 32.2. The molecule has 0 aromatic heterocycles. The lowest BCUT2D eigenvalue weighted by Gasteiger charge is -2.03. The lowest BCUT2D eigenvalue weighted by atomic mass is 10.1. The normalized spacial score (nSPS) is 11.3. The van der Waals surface area contributed by atoms with Crippen LogP contribution in [0.15, 0.2) is 18.2 Å². The number of aryl methyl sites for hydroxylation is 1. The lowest BCUT2D eigenvalue weighted by Crippen LogP contribution is -2.18. The third kappa shape index (κ3) is 3.52. The van der Waals surface area contributed by atoms with Gasteiger partial charge in [0, 0.05) is 0 Å². The average molecular weight is 245 g/mol. The van der Waals surface area contributed by atoms with Gasteiger partial charge < -0.3 is 10.2 Å². The molecular formula is C9H11NO5S. The van der Waals surface area contributed by atoms with Gasteiger partial charge in [0.15, 0.2) is 0 Å². The first-order valence-electron chi connectivity index (χ1n) is 4.35. The Morgan fingerprint density at radius 1 is 1.38 bits per heavy atom. The van der Waals surface area contributed by atoms with E-state index in [0.29, 0.717) is 5.56 Å². The number of nitrogens with two attached hydrogens (primary N) is 1. The minimum absolute atomic E-state index is 0.111. The van der Waals surface area contributed by atoms with Crippen LogP contribution >= 0.6 is 0 Å². The molecule has 0 aliphatic heterocycles. The Morgan fingerprint density at radius 2 is 2.00 bits per heavy atom. The predicted octanol–water partition coefficient (Wildman–Crippen LogP) is -0.0786. The molecule has 0 fully saturated rings. The highest BCUT2D eigenvalue weighted by molar-refractivity contribution is 7.89. The van der Waals surface area contributed by atoms with Gasteiger partial charge in [-0.3, -0.25) is 0 Å². The average Bonchev–Trinajstić information content (AvgIpc) is 2.14. The molecule has 1 rings (SSSR count). The van der Waals surface area contributed by atoms with Gasteiger partial charge in [0.05, 0.1) is 5.75 Å². The van der Waals surface area contributed by atoms with Gasteiger partial charge in [0.2, 0.25) is 10.0 Å². The molecule has 16 heavy (non-hydrogen) atoms. The number of carboxylic acid groups (broad SMARTS) is 1. The van der Waals surface area contributed by atoms with Gasteiger partial charge >= 0.3 is 5.97 Å². The van der Waals surface area contributed by atoms with Crippen molar-refractivity contribution in [1.82, 2.24) is 0 Å². The van der Waals surface area contributed by atoms with Crippen molar-refractivity contribution in [3.05, 3.63) is 29.3 Å². The third-order valence-electron chi connectivity index (χ3n) is 1.97. The van der Waals surface area contributed by atoms with Gasteiger partial charge in [-0.1, -0.05) is 6.07 Å². The van der Waals surface area contributed by atoms with Crippen molar-refractivity contribution >= 4 is 16.0 Å². The number of sulfonamides is 1. The van der Waals surface area contributed by atoms with Crippen molar-refractivity contribution in [1.29, 1.82) is 0 Å². The van der Waals surface area contributed by atoms with E-state index in [1.807, 2.05) is 0 Å². The van der Waals surface area contributed by atoms with E-state index in [0.717, 1.165) is 0 Å². The maximum Gasteiger partial charge on any atom is 0.339 e. The van der Waals surface area contributed by atoms with E-state index >= 15 is 0 Å². The summed E-state index contributed by atoms with van der Waals surface area (Å²) in [6.45, 7) is 0. The van der Waals surface area contributed by atoms with Gasteiger partial charge in [0.1, 0.15) is 11.3 Å². The molecular weight excluding hydrogens is 234 g/mol. The van der Waals surface area contributed by atoms with Crippen molar-refractivity contribution < 1.29 is 23.4 Å². The van der Waals surface area contributed by atoms with Crippen molar-refractivity contribution in [3.8, 4) is 5.75 Å². The topological polar surface area (TPSA) is 118 Å². The second-order valence-electron chi connectivity index (χ2n) is 3.27. The van der Waals surface area contributed by atoms with Gasteiger partial charge in [-0.15, -0.1) is 0 Å². The molecule has 1 aromatic rings. The Morgan fingerprint density at radius 3 is 2.50 bits per heavy atom. The smallest absolute Gasteiger partial charge is 0.339 e. The predicted molar refractivity (Wildman–Crippen MR) is 56.7 cm³/mol. The highest BCUT2D eigenvalue weighted by Crippen LogP contribution is 2.18. The number of carbonyl (C=O) groups is 1. The van der Waals surface area contributed by atoms with Crippen LogP contribution in [0.25, 0.3) is 0 Å². The summed E-state index contributed by atoms with van der Waals surface area (Å²) in [5.41, 5.74) is 0.233. The van der Waals surface area contributed by atoms with E-state index in [1.165, 1.54) is 18.2 Å². The zero-order chi connectivity index (χ0) is 12.3. The number of aromatic carboxylic acids is 1. The van der Waals surface area contributed by atoms with Crippen LogP contribution in [-0.4, -0.2) is 30.4 Å². The number of aromatic hydroxyl groups is 1. The number of hydrogen-bond acceptors (Lipinski definition) is 4. The number of benzene rings is 1. The molecule has 0 saturated heterocycles. The molecule has 1 aromatic carbocycles. The van der Waals surface area contributed by atoms with Crippen molar-refractivity contribution in [3.63, 3.8) is 0 Å². The van der Waals surface area contributed by atoms with Gasteiger partial charge in [-0.05, 0) is 24.1 Å². The molecule has 0 amide bonds. The number of carboxylic acids is 1. The van der Waals surface area contributed by atoms with Crippen LogP contribution in [0.5, 0.6) is 5.75 Å². The Labute approximate surface area is 92.4 Å². The number of primary sulfonamides is 1. The van der Waals surface area contributed by atoms with E-state index in [1.54, 1.807) is 0 Å². The summed E-state index contributed by atoms with van der Waals surface area (Å²) in [5, 5.41) is 22.7. The third-order valence-corrected chi connectivity index (χ3v) is 2.74. The molecule has 0 aliphatic rings. The number of phenols is 1. The first kappa shape index (κ1) is 12.5. The summed E-state index contributed by atoms with van der Waals surface area (Å²) >= 11 is 0. The fourth-order valence-electron chi connectivity index (χ4n) is 1.17. The number of rotatable bonds is 4. The quantitative estimate of drug-likeness (QED) is 0.685. The molecule has 0 radical (unpaired) electrons. The first-order valence-corrected chi connectivity index (χ1v) is 6.07. The van der Waals surface area contributed by atoms with Crippen LogP contribution in [0.4, 0.5) is 0 Å². The Bertz CT molecular complexity index is 509. The van der Waals surface area contributed by atoms with Gasteiger partial charge in [-0.25, -0.2) is 18.4 Å². The van der Waals surface area contributed by atoms with Crippen LogP contribution in [0.3, 0.4) is 0 Å². The molecule has 0 bridgehead atoms. The van der Waals surface area contributed by atoms with E-state index in [-0.39, 0.29) is 23.5 Å². The summed E-state index contributed by atoms with van der Waals surface area (Å²) in [7, 11) is -3.58. The summed E-state index contributed by atoms with van der Waals surface area (Å²) in [6.07, 6.45) is 0.111. The van der Waals surface area contributed by atoms with Crippen LogP contribution in [0.2, 0.25) is 0 Å². The molecule has 7 heteroatoms. The SMILES string of the molecule is NS(=O)(=O)CCc1ccc(O)c(C(=O)O)c1. The van der Waals surface area contributed by atoms with E-state index < -0.39 is 16.0 Å². The molecule has 0 saturated carbocycles. The summed E-state index contributed by atoms with van der Waals surface area (Å²) in [4.78, 5) is 10.7. The molecule has 0 heterocycles. The Kier molecular flexibility index (Phi) is 3.51. The zero-order valence-electron chi connectivity index (χ0n) is 8.25. The maximum absolute atomic E-state index is 10.7. The zero-order valence-corrected chi connectivity index (χ0v) is 9.07. The summed E-state index contributed by atoms with van der Waals surface area (Å²) < 4.78 is 21.4. The van der Waals surface area contributed by atoms with Crippen molar-refractivity contribution in [2.45, 2.75) is 6.42 Å². The van der Waals surface area contributed by atoms with E-state index in [2.05, 4.69) is 0 Å². The van der Waals surface area contributed by atoms with E-state index in [9.17, 15) is 18.3 Å². The molecule has 0 unspecified atom stereocenters. The molecule has 0 aliphatic carbocycles. The highest BCUT2D eigenvalue weighted by Gasteiger charge is 2.11. The van der Waals surface area contributed by atoms with Crippen LogP contribution in [0, 0.1) is 0 Å². The first-order chi connectivity index (χ1) is 7.29. The Balaban J connectivity index is 2.91. The minimum atomic E-state index is -3.58. The molecule has 0 atom stereocenters. The molecule has 88 valence electrons. The van der Waals surface area contributed by atoms with Crippen LogP contribution < -0.4 is 5.14 Å². The monoisotopic (exact) mass is 245 g/mol. The fourth-order valence-corrected chi connectivity index (χ4v) is 1.69. The van der Waals surface area contributed by atoms with Gasteiger partial charge in [0.25, 0.3) is 0 Å². The minimum Gasteiger partial charge on any atom is -0.507 e. The number of hydrogen-bond donors (Lipinski definition) is 3. The summed E-state index contributed by atoms with van der Waals surface area (Å²) in [6, 6.07) is 3.89. The molecule has 6 nitrogen and oxygen atoms in total. The second-order valence-corrected chi connectivity index (χ2v) is 5.01.